The van der Waals surface area contributed by atoms with Gasteiger partial charge in [-0.1, -0.05) is 18.2 Å². The van der Waals surface area contributed by atoms with Crippen LogP contribution in [0, 0.1) is 0 Å². The Kier molecular flexibility index (Phi) is 1.69. The number of fused-ring (bicyclic) bond motifs is 1. The molecule has 0 heterocycles. The molecule has 1 aliphatic carbocycles. The number of carbonyl (C=O) groups is 1. The molecule has 66 valence electrons. The van der Waals surface area contributed by atoms with E-state index in [1.165, 1.54) is 0 Å². The highest BCUT2D eigenvalue weighted by Crippen LogP contribution is 2.05. The molecule has 0 saturated carbocycles. The molecule has 0 bridgehead atoms. The van der Waals surface area contributed by atoms with Gasteiger partial charge in [0, 0.05) is 17.2 Å². The minimum atomic E-state index is 0.137. The van der Waals surface area contributed by atoms with Crippen LogP contribution >= 0.6 is 0 Å². The first-order valence-corrected chi connectivity index (χ1v) is 4.22. The first-order valence-electron chi connectivity index (χ1n) is 4.22. The van der Waals surface area contributed by atoms with Gasteiger partial charge < -0.3 is 5.11 Å². The highest BCUT2D eigenvalue weighted by Gasteiger charge is 2.09. The summed E-state index contributed by atoms with van der Waals surface area (Å²) in [6.07, 6.45) is 2.18. The molecule has 0 aromatic heterocycles. The molecule has 13 heavy (non-hydrogen) atoms. The molecular weight excluding hydrogens is 164 g/mol. The monoisotopic (exact) mass is 174 g/mol. The van der Waals surface area contributed by atoms with Crippen LogP contribution in [-0.4, -0.2) is 10.9 Å². The predicted molar refractivity (Wildman–Crippen MR) is 50.5 cm³/mol. The molecule has 0 radical (unpaired) electrons. The Balaban J connectivity index is 2.96. The fourth-order valence-corrected chi connectivity index (χ4v) is 1.59. The first-order chi connectivity index (χ1) is 6.20. The maximum atomic E-state index is 11.3. The molecule has 0 aliphatic heterocycles. The van der Waals surface area contributed by atoms with Gasteiger partial charge in [-0.3, -0.25) is 4.79 Å². The van der Waals surface area contributed by atoms with Crippen molar-refractivity contribution in [2.24, 2.45) is 0 Å². The molecule has 1 N–H and O–H groups in total. The summed E-state index contributed by atoms with van der Waals surface area (Å²) in [5.74, 6) is 0.391. The summed E-state index contributed by atoms with van der Waals surface area (Å²) in [6.45, 7) is 1.80. The lowest BCUT2D eigenvalue weighted by atomic mass is 9.99. The Labute approximate surface area is 75.8 Å². The van der Waals surface area contributed by atoms with E-state index in [0.717, 1.165) is 16.0 Å². The largest absolute Gasteiger partial charge is 0.507 e. The van der Waals surface area contributed by atoms with Gasteiger partial charge >= 0.3 is 0 Å². The molecule has 0 saturated heterocycles. The maximum absolute atomic E-state index is 11.3. The van der Waals surface area contributed by atoms with Crippen molar-refractivity contribution in [3.8, 4) is 5.75 Å². The number of hydrogen-bond acceptors (Lipinski definition) is 2. The fraction of sp³-hybridized carbons (Fsp3) is 0.182. The van der Waals surface area contributed by atoms with Crippen molar-refractivity contribution in [3.05, 3.63) is 28.6 Å². The molecule has 2 heteroatoms. The fourth-order valence-electron chi connectivity index (χ4n) is 1.59. The molecule has 1 aromatic rings. The number of phenols is 1. The number of Topliss-reactive ketones (excluding diaryl/α,β-unsaturated/α-hetero) is 1. The summed E-state index contributed by atoms with van der Waals surface area (Å²) in [6, 6.07) is 5.25. The van der Waals surface area contributed by atoms with Crippen LogP contribution < -0.4 is 10.4 Å². The number of aromatic hydroxyl groups is 1. The van der Waals surface area contributed by atoms with Crippen molar-refractivity contribution in [3.63, 3.8) is 0 Å². The maximum Gasteiger partial charge on any atom is 0.162 e. The average molecular weight is 174 g/mol. The van der Waals surface area contributed by atoms with Crippen molar-refractivity contribution in [1.82, 2.24) is 0 Å². The Morgan fingerprint density at radius 2 is 2.15 bits per heavy atom. The molecule has 1 aliphatic rings. The van der Waals surface area contributed by atoms with E-state index in [9.17, 15) is 9.90 Å². The summed E-state index contributed by atoms with van der Waals surface area (Å²) in [5, 5.41) is 11.2. The topological polar surface area (TPSA) is 37.3 Å². The average Bonchev–Trinajstić information content (AvgIpc) is 2.12. The summed E-state index contributed by atoms with van der Waals surface area (Å²) in [5.41, 5.74) is 0.744. The highest BCUT2D eigenvalue weighted by molar-refractivity contribution is 6.16. The van der Waals surface area contributed by atoms with Crippen molar-refractivity contribution in [2.45, 2.75) is 13.3 Å². The Bertz CT molecular complexity index is 483. The van der Waals surface area contributed by atoms with Gasteiger partial charge in [-0.05, 0) is 18.2 Å². The van der Waals surface area contributed by atoms with Crippen LogP contribution in [0.4, 0.5) is 0 Å². The molecule has 0 fully saturated rings. The molecule has 1 aromatic carbocycles. The minimum Gasteiger partial charge on any atom is -0.507 e. The van der Waals surface area contributed by atoms with Crippen LogP contribution in [-0.2, 0) is 4.79 Å². The van der Waals surface area contributed by atoms with Gasteiger partial charge in [0.25, 0.3) is 0 Å². The molecule has 2 nitrogen and oxygen atoms in total. The zero-order valence-corrected chi connectivity index (χ0v) is 7.37. The van der Waals surface area contributed by atoms with Crippen molar-refractivity contribution in [2.75, 3.05) is 0 Å². The van der Waals surface area contributed by atoms with Gasteiger partial charge in [0.2, 0.25) is 0 Å². The molecule has 2 rings (SSSR count). The number of phenolic OH excluding ortho intramolecular Hbond substituents is 1. The van der Waals surface area contributed by atoms with Gasteiger partial charge in [0.05, 0.1) is 0 Å². The van der Waals surface area contributed by atoms with Crippen LogP contribution in [0.3, 0.4) is 0 Å². The Morgan fingerprint density at radius 1 is 1.38 bits per heavy atom. The van der Waals surface area contributed by atoms with Crippen molar-refractivity contribution >= 4 is 17.4 Å². The van der Waals surface area contributed by atoms with Gasteiger partial charge in [0.1, 0.15) is 5.75 Å². The predicted octanol–water partition coefficient (Wildman–Crippen LogP) is 0.316. The Hall–Kier alpha value is -1.57. The van der Waals surface area contributed by atoms with E-state index in [1.807, 2.05) is 6.07 Å². The second kappa shape index (κ2) is 2.73. The summed E-state index contributed by atoms with van der Waals surface area (Å²) in [7, 11) is 0. The molecule has 0 unspecified atom stereocenters. The zero-order chi connectivity index (χ0) is 9.42. The van der Waals surface area contributed by atoms with E-state index in [4.69, 9.17) is 0 Å². The molecule has 0 atom stereocenters. The highest BCUT2D eigenvalue weighted by atomic mass is 16.3. The third-order valence-electron chi connectivity index (χ3n) is 2.40. The number of carbonyl (C=O) groups excluding carboxylic acids is 1. The number of benzene rings is 1. The minimum absolute atomic E-state index is 0.137. The second-order valence-electron chi connectivity index (χ2n) is 3.19. The summed E-state index contributed by atoms with van der Waals surface area (Å²) in [4.78, 5) is 11.3. The van der Waals surface area contributed by atoms with Gasteiger partial charge in [-0.2, -0.15) is 0 Å². The van der Waals surface area contributed by atoms with Gasteiger partial charge in [-0.15, -0.1) is 0 Å². The van der Waals surface area contributed by atoms with Crippen LogP contribution in [0.25, 0.3) is 11.6 Å². The zero-order valence-electron chi connectivity index (χ0n) is 7.37. The third kappa shape index (κ3) is 1.15. The molecule has 0 amide bonds. The number of rotatable bonds is 0. The van der Waals surface area contributed by atoms with E-state index >= 15 is 0 Å². The normalized spacial score (nSPS) is 15.2. The van der Waals surface area contributed by atoms with E-state index in [2.05, 4.69) is 0 Å². The molecule has 0 spiro atoms. The SMILES string of the molecule is CC1=c2cccc(O)c2=CCC1=O. The van der Waals surface area contributed by atoms with Crippen LogP contribution in [0.2, 0.25) is 0 Å². The second-order valence-corrected chi connectivity index (χ2v) is 3.19. The lowest BCUT2D eigenvalue weighted by molar-refractivity contribution is -0.113. The third-order valence-corrected chi connectivity index (χ3v) is 2.40. The van der Waals surface area contributed by atoms with E-state index in [-0.39, 0.29) is 11.5 Å². The smallest absolute Gasteiger partial charge is 0.162 e. The first kappa shape index (κ1) is 8.05. The van der Waals surface area contributed by atoms with Crippen molar-refractivity contribution < 1.29 is 9.90 Å². The van der Waals surface area contributed by atoms with Crippen molar-refractivity contribution in [1.29, 1.82) is 0 Å². The van der Waals surface area contributed by atoms with E-state index in [0.29, 0.717) is 6.42 Å². The van der Waals surface area contributed by atoms with Crippen LogP contribution in [0.1, 0.15) is 13.3 Å². The summed E-state index contributed by atoms with van der Waals surface area (Å²) < 4.78 is 0. The number of hydrogen-bond donors (Lipinski definition) is 1. The van der Waals surface area contributed by atoms with Crippen LogP contribution in [0.15, 0.2) is 18.2 Å². The lowest BCUT2D eigenvalue weighted by Gasteiger charge is -2.05. The van der Waals surface area contributed by atoms with E-state index in [1.54, 1.807) is 25.1 Å². The molecular formula is C11H10O2. The summed E-state index contributed by atoms with van der Waals surface area (Å²) >= 11 is 0. The standard InChI is InChI=1S/C11H10O2/c1-7-8-3-2-4-11(13)9(8)5-6-10(7)12/h2-5,13H,6H2,1H3. The van der Waals surface area contributed by atoms with Gasteiger partial charge in [0.15, 0.2) is 5.78 Å². The van der Waals surface area contributed by atoms with Crippen LogP contribution in [0.5, 0.6) is 5.75 Å². The Morgan fingerprint density at radius 3 is 2.92 bits per heavy atom. The van der Waals surface area contributed by atoms with Gasteiger partial charge in [-0.25, -0.2) is 0 Å². The quantitative estimate of drug-likeness (QED) is 0.615. The number of ketones is 1. The lowest BCUT2D eigenvalue weighted by Crippen LogP contribution is -2.32. The van der Waals surface area contributed by atoms with E-state index < -0.39 is 0 Å².